The summed E-state index contributed by atoms with van der Waals surface area (Å²) in [6.07, 6.45) is 3.20. The van der Waals surface area contributed by atoms with E-state index in [0.717, 1.165) is 25.9 Å². The number of benzene rings is 1. The molecule has 0 saturated carbocycles. The third kappa shape index (κ3) is 4.11. The van der Waals surface area contributed by atoms with Crippen LogP contribution in [0.2, 0.25) is 0 Å². The molecular formula is C14H17NO5. The van der Waals surface area contributed by atoms with Crippen molar-refractivity contribution in [2.24, 2.45) is 0 Å². The van der Waals surface area contributed by atoms with E-state index in [1.165, 1.54) is 18.2 Å². The van der Waals surface area contributed by atoms with Crippen molar-refractivity contribution in [1.82, 2.24) is 0 Å². The second-order valence-corrected chi connectivity index (χ2v) is 4.73. The van der Waals surface area contributed by atoms with E-state index in [2.05, 4.69) is 0 Å². The van der Waals surface area contributed by atoms with Gasteiger partial charge in [0.25, 0.3) is 5.69 Å². The Balaban J connectivity index is 1.82. The summed E-state index contributed by atoms with van der Waals surface area (Å²) in [5, 5.41) is 10.6. The normalized spacial score (nSPS) is 18.7. The lowest BCUT2D eigenvalue weighted by Gasteiger charge is -2.22. The number of hydrogen-bond donors (Lipinski definition) is 0. The fraction of sp³-hybridized carbons (Fsp3) is 0.500. The van der Waals surface area contributed by atoms with Crippen LogP contribution in [-0.4, -0.2) is 36.6 Å². The molecule has 1 aromatic carbocycles. The van der Waals surface area contributed by atoms with E-state index in [-0.39, 0.29) is 24.2 Å². The molecule has 1 aromatic rings. The Morgan fingerprint density at radius 3 is 3.00 bits per heavy atom. The van der Waals surface area contributed by atoms with E-state index in [0.29, 0.717) is 12.2 Å². The Labute approximate surface area is 116 Å². The van der Waals surface area contributed by atoms with Crippen molar-refractivity contribution in [3.63, 3.8) is 0 Å². The number of nitro benzene ring substituents is 1. The van der Waals surface area contributed by atoms with Crippen LogP contribution >= 0.6 is 0 Å². The number of carbonyl (C=O) groups excluding carboxylic acids is 1. The van der Waals surface area contributed by atoms with Crippen molar-refractivity contribution in [3.8, 4) is 0 Å². The molecule has 6 nitrogen and oxygen atoms in total. The summed E-state index contributed by atoms with van der Waals surface area (Å²) in [4.78, 5) is 22.0. The van der Waals surface area contributed by atoms with Crippen molar-refractivity contribution in [3.05, 3.63) is 39.9 Å². The first-order valence-electron chi connectivity index (χ1n) is 6.64. The van der Waals surface area contributed by atoms with Crippen molar-refractivity contribution in [2.75, 3.05) is 19.8 Å². The molecule has 1 unspecified atom stereocenters. The Morgan fingerprint density at radius 2 is 2.30 bits per heavy atom. The highest BCUT2D eigenvalue weighted by molar-refractivity contribution is 5.97. The highest BCUT2D eigenvalue weighted by Gasteiger charge is 2.16. The van der Waals surface area contributed by atoms with Crippen LogP contribution in [0.3, 0.4) is 0 Å². The number of rotatable bonds is 6. The molecule has 0 bridgehead atoms. The highest BCUT2D eigenvalue weighted by Crippen LogP contribution is 2.15. The van der Waals surface area contributed by atoms with Crippen LogP contribution in [-0.2, 0) is 9.47 Å². The number of carbonyl (C=O) groups is 1. The number of hydrogen-bond acceptors (Lipinski definition) is 5. The number of ether oxygens (including phenoxy) is 2. The summed E-state index contributed by atoms with van der Waals surface area (Å²) >= 11 is 0. The Kier molecular flexibility index (Phi) is 5.20. The lowest BCUT2D eigenvalue weighted by atomic mass is 10.1. The van der Waals surface area contributed by atoms with E-state index in [4.69, 9.17) is 9.47 Å². The smallest absolute Gasteiger partial charge is 0.270 e. The zero-order chi connectivity index (χ0) is 14.4. The molecule has 20 heavy (non-hydrogen) atoms. The third-order valence-corrected chi connectivity index (χ3v) is 3.19. The van der Waals surface area contributed by atoms with Gasteiger partial charge in [0.2, 0.25) is 0 Å². The Bertz CT molecular complexity index is 482. The molecule has 0 radical (unpaired) electrons. The van der Waals surface area contributed by atoms with Crippen molar-refractivity contribution in [1.29, 1.82) is 0 Å². The van der Waals surface area contributed by atoms with E-state index in [1.807, 2.05) is 0 Å². The van der Waals surface area contributed by atoms with Crippen molar-refractivity contribution in [2.45, 2.75) is 25.4 Å². The summed E-state index contributed by atoms with van der Waals surface area (Å²) in [6, 6.07) is 5.67. The largest absolute Gasteiger partial charge is 0.376 e. The molecule has 6 heteroatoms. The second kappa shape index (κ2) is 7.12. The first-order valence-corrected chi connectivity index (χ1v) is 6.64. The molecule has 108 valence electrons. The molecule has 1 heterocycles. The maximum atomic E-state index is 11.9. The van der Waals surface area contributed by atoms with Crippen molar-refractivity contribution >= 4 is 11.5 Å². The molecule has 1 atom stereocenters. The molecule has 0 aromatic heterocycles. The summed E-state index contributed by atoms with van der Waals surface area (Å²) < 4.78 is 10.8. The molecule has 1 aliphatic heterocycles. The maximum absolute atomic E-state index is 11.9. The molecule has 1 aliphatic rings. The summed E-state index contributed by atoms with van der Waals surface area (Å²) in [5.74, 6) is -0.260. The number of nitro groups is 1. The fourth-order valence-electron chi connectivity index (χ4n) is 2.10. The van der Waals surface area contributed by atoms with Crippen LogP contribution in [0.25, 0.3) is 0 Å². The predicted octanol–water partition coefficient (Wildman–Crippen LogP) is 2.36. The van der Waals surface area contributed by atoms with Gasteiger partial charge in [0.05, 0.1) is 17.6 Å². The van der Waals surface area contributed by atoms with Gasteiger partial charge in [0.15, 0.2) is 5.78 Å². The standard InChI is InChI=1S/C14H17NO5/c16-14(10-19-9-13-6-1-2-7-20-13)11-4-3-5-12(8-11)15(17)18/h3-5,8,13H,1-2,6-7,9-10H2. The zero-order valence-electron chi connectivity index (χ0n) is 11.1. The predicted molar refractivity (Wildman–Crippen MR) is 71.8 cm³/mol. The van der Waals surface area contributed by atoms with Gasteiger partial charge < -0.3 is 9.47 Å². The molecular weight excluding hydrogens is 262 g/mol. The van der Waals surface area contributed by atoms with Gasteiger partial charge in [-0.3, -0.25) is 14.9 Å². The second-order valence-electron chi connectivity index (χ2n) is 4.73. The monoisotopic (exact) mass is 279 g/mol. The topological polar surface area (TPSA) is 78.7 Å². The van der Waals surface area contributed by atoms with Gasteiger partial charge >= 0.3 is 0 Å². The van der Waals surface area contributed by atoms with Crippen LogP contribution in [0, 0.1) is 10.1 Å². The molecule has 0 N–H and O–H groups in total. The van der Waals surface area contributed by atoms with Gasteiger partial charge in [-0.05, 0) is 19.3 Å². The van der Waals surface area contributed by atoms with Crippen LogP contribution in [0.1, 0.15) is 29.6 Å². The van der Waals surface area contributed by atoms with Gasteiger partial charge in [-0.1, -0.05) is 12.1 Å². The number of ketones is 1. The minimum absolute atomic E-state index is 0.0571. The van der Waals surface area contributed by atoms with E-state index < -0.39 is 4.92 Å². The fourth-order valence-corrected chi connectivity index (χ4v) is 2.10. The highest BCUT2D eigenvalue weighted by atomic mass is 16.6. The molecule has 1 saturated heterocycles. The average molecular weight is 279 g/mol. The lowest BCUT2D eigenvalue weighted by Crippen LogP contribution is -2.25. The van der Waals surface area contributed by atoms with Crippen LogP contribution < -0.4 is 0 Å². The Hall–Kier alpha value is -1.79. The van der Waals surface area contributed by atoms with Gasteiger partial charge in [0, 0.05) is 24.3 Å². The van der Waals surface area contributed by atoms with E-state index >= 15 is 0 Å². The van der Waals surface area contributed by atoms with E-state index in [1.54, 1.807) is 6.07 Å². The lowest BCUT2D eigenvalue weighted by molar-refractivity contribution is -0.384. The van der Waals surface area contributed by atoms with Gasteiger partial charge in [-0.15, -0.1) is 0 Å². The molecule has 0 aliphatic carbocycles. The molecule has 0 spiro atoms. The quantitative estimate of drug-likeness (QED) is 0.454. The third-order valence-electron chi connectivity index (χ3n) is 3.19. The first kappa shape index (κ1) is 14.6. The van der Waals surface area contributed by atoms with Gasteiger partial charge in [0.1, 0.15) is 6.61 Å². The van der Waals surface area contributed by atoms with E-state index in [9.17, 15) is 14.9 Å². The van der Waals surface area contributed by atoms with Crippen LogP contribution in [0.15, 0.2) is 24.3 Å². The van der Waals surface area contributed by atoms with Crippen molar-refractivity contribution < 1.29 is 19.2 Å². The first-order chi connectivity index (χ1) is 9.66. The Morgan fingerprint density at radius 1 is 1.45 bits per heavy atom. The molecule has 1 fully saturated rings. The minimum atomic E-state index is -0.520. The van der Waals surface area contributed by atoms with Gasteiger partial charge in [-0.2, -0.15) is 0 Å². The molecule has 0 amide bonds. The average Bonchev–Trinajstić information content (AvgIpc) is 2.48. The number of non-ortho nitro benzene ring substituents is 1. The number of nitrogens with zero attached hydrogens (tertiary/aromatic N) is 1. The van der Waals surface area contributed by atoms with Gasteiger partial charge in [-0.25, -0.2) is 0 Å². The maximum Gasteiger partial charge on any atom is 0.270 e. The number of Topliss-reactive ketones (excluding diaryl/α,β-unsaturated/α-hetero) is 1. The van der Waals surface area contributed by atoms with Crippen LogP contribution in [0.5, 0.6) is 0 Å². The minimum Gasteiger partial charge on any atom is -0.376 e. The SMILES string of the molecule is O=C(COCC1CCCCO1)c1cccc([N+](=O)[O-])c1. The zero-order valence-corrected chi connectivity index (χ0v) is 11.1. The summed E-state index contributed by atoms with van der Waals surface area (Å²) in [6.45, 7) is 1.05. The summed E-state index contributed by atoms with van der Waals surface area (Å²) in [7, 11) is 0. The molecule has 2 rings (SSSR count). The summed E-state index contributed by atoms with van der Waals surface area (Å²) in [5.41, 5.74) is 0.204. The van der Waals surface area contributed by atoms with Crippen LogP contribution in [0.4, 0.5) is 5.69 Å².